The van der Waals surface area contributed by atoms with Gasteiger partial charge in [-0.05, 0) is 31.4 Å². The van der Waals surface area contributed by atoms with Crippen LogP contribution in [0.2, 0.25) is 0 Å². The highest BCUT2D eigenvalue weighted by molar-refractivity contribution is 5.95. The Morgan fingerprint density at radius 2 is 2.11 bits per heavy atom. The Kier molecular flexibility index (Phi) is 3.50. The molecule has 0 aliphatic carbocycles. The van der Waals surface area contributed by atoms with E-state index in [2.05, 4.69) is 5.32 Å². The van der Waals surface area contributed by atoms with Gasteiger partial charge in [0.15, 0.2) is 0 Å². The SMILES string of the molecule is CC(NC(=O)N1CCCc2ccccc21)C(=O)O. The molecule has 96 valence electrons. The summed E-state index contributed by atoms with van der Waals surface area (Å²) >= 11 is 0. The Labute approximate surface area is 105 Å². The van der Waals surface area contributed by atoms with Crippen LogP contribution in [0.4, 0.5) is 10.5 Å². The molecule has 0 saturated carbocycles. The van der Waals surface area contributed by atoms with Gasteiger partial charge in [-0.25, -0.2) is 4.79 Å². The predicted octanol–water partition coefficient (Wildman–Crippen LogP) is 1.62. The zero-order chi connectivity index (χ0) is 13.1. The molecule has 5 nitrogen and oxygen atoms in total. The zero-order valence-electron chi connectivity index (χ0n) is 10.2. The summed E-state index contributed by atoms with van der Waals surface area (Å²) in [7, 11) is 0. The number of urea groups is 1. The highest BCUT2D eigenvalue weighted by Crippen LogP contribution is 2.26. The first kappa shape index (κ1) is 12.4. The smallest absolute Gasteiger partial charge is 0.325 e. The third kappa shape index (κ3) is 2.45. The molecule has 1 aliphatic heterocycles. The lowest BCUT2D eigenvalue weighted by atomic mass is 10.0. The molecule has 18 heavy (non-hydrogen) atoms. The molecule has 1 atom stereocenters. The van der Waals surface area contributed by atoms with Gasteiger partial charge in [0.2, 0.25) is 0 Å². The van der Waals surface area contributed by atoms with Gasteiger partial charge < -0.3 is 10.4 Å². The van der Waals surface area contributed by atoms with Gasteiger partial charge in [0.25, 0.3) is 0 Å². The van der Waals surface area contributed by atoms with E-state index in [-0.39, 0.29) is 6.03 Å². The molecule has 0 fully saturated rings. The maximum absolute atomic E-state index is 12.0. The molecule has 0 bridgehead atoms. The van der Waals surface area contributed by atoms with Gasteiger partial charge >= 0.3 is 12.0 Å². The zero-order valence-corrected chi connectivity index (χ0v) is 10.2. The molecule has 1 aromatic rings. The van der Waals surface area contributed by atoms with Crippen molar-refractivity contribution in [3.63, 3.8) is 0 Å². The van der Waals surface area contributed by atoms with E-state index in [1.54, 1.807) is 4.90 Å². The summed E-state index contributed by atoms with van der Waals surface area (Å²) < 4.78 is 0. The molecule has 0 radical (unpaired) electrons. The number of anilines is 1. The standard InChI is InChI=1S/C13H16N2O3/c1-9(12(16)17)14-13(18)15-8-4-6-10-5-2-3-7-11(10)15/h2-3,5,7,9H,4,6,8H2,1H3,(H,14,18)(H,16,17). The minimum Gasteiger partial charge on any atom is -0.480 e. The minimum absolute atomic E-state index is 0.350. The maximum atomic E-state index is 12.0. The van der Waals surface area contributed by atoms with Crippen LogP contribution < -0.4 is 10.2 Å². The molecular formula is C13H16N2O3. The van der Waals surface area contributed by atoms with E-state index in [0.29, 0.717) is 6.54 Å². The van der Waals surface area contributed by atoms with E-state index in [1.165, 1.54) is 6.92 Å². The van der Waals surface area contributed by atoms with Crippen molar-refractivity contribution in [3.8, 4) is 0 Å². The Hall–Kier alpha value is -2.04. The van der Waals surface area contributed by atoms with Gasteiger partial charge in [0, 0.05) is 12.2 Å². The number of amides is 2. The number of nitrogens with one attached hydrogen (secondary N) is 1. The van der Waals surface area contributed by atoms with Crippen LogP contribution in [0.1, 0.15) is 18.9 Å². The summed E-state index contributed by atoms with van der Waals surface area (Å²) in [5.74, 6) is -1.03. The van der Waals surface area contributed by atoms with E-state index in [1.807, 2.05) is 24.3 Å². The van der Waals surface area contributed by atoms with Gasteiger partial charge in [-0.1, -0.05) is 18.2 Å². The van der Waals surface area contributed by atoms with E-state index in [4.69, 9.17) is 5.11 Å². The summed E-state index contributed by atoms with van der Waals surface area (Å²) in [4.78, 5) is 24.4. The molecular weight excluding hydrogens is 232 g/mol. The first-order valence-electron chi connectivity index (χ1n) is 5.98. The number of carboxylic acids is 1. The van der Waals surface area contributed by atoms with Crippen molar-refractivity contribution in [3.05, 3.63) is 29.8 Å². The summed E-state index contributed by atoms with van der Waals surface area (Å²) in [6.45, 7) is 2.07. The Balaban J connectivity index is 2.15. The number of hydrogen-bond donors (Lipinski definition) is 2. The monoisotopic (exact) mass is 248 g/mol. The van der Waals surface area contributed by atoms with Crippen molar-refractivity contribution in [1.82, 2.24) is 5.32 Å². The number of rotatable bonds is 2. The molecule has 1 unspecified atom stereocenters. The van der Waals surface area contributed by atoms with Crippen LogP contribution in [0, 0.1) is 0 Å². The topological polar surface area (TPSA) is 69.6 Å². The number of para-hydroxylation sites is 1. The number of carbonyl (C=O) groups is 2. The summed E-state index contributed by atoms with van der Waals surface area (Å²) in [6, 6.07) is 6.48. The number of benzene rings is 1. The van der Waals surface area contributed by atoms with Crippen LogP contribution in [0.25, 0.3) is 0 Å². The fraction of sp³-hybridized carbons (Fsp3) is 0.385. The summed E-state index contributed by atoms with van der Waals surface area (Å²) in [5.41, 5.74) is 2.00. The largest absolute Gasteiger partial charge is 0.480 e. The van der Waals surface area contributed by atoms with Crippen molar-refractivity contribution < 1.29 is 14.7 Å². The molecule has 0 saturated heterocycles. The number of aryl methyl sites for hydroxylation is 1. The number of fused-ring (bicyclic) bond motifs is 1. The van der Waals surface area contributed by atoms with Gasteiger partial charge in [0.05, 0.1) is 0 Å². The van der Waals surface area contributed by atoms with Crippen LogP contribution in [-0.4, -0.2) is 29.7 Å². The molecule has 1 aromatic carbocycles. The Morgan fingerprint density at radius 3 is 2.83 bits per heavy atom. The van der Waals surface area contributed by atoms with Gasteiger partial charge in [-0.3, -0.25) is 9.69 Å². The average Bonchev–Trinajstić information content (AvgIpc) is 2.37. The van der Waals surface area contributed by atoms with E-state index in [0.717, 1.165) is 24.1 Å². The fourth-order valence-electron chi connectivity index (χ4n) is 2.07. The normalized spacial score (nSPS) is 15.7. The molecule has 2 N–H and O–H groups in total. The van der Waals surface area contributed by atoms with Crippen LogP contribution in [0.15, 0.2) is 24.3 Å². The number of aliphatic carboxylic acids is 1. The molecule has 0 spiro atoms. The molecule has 0 aromatic heterocycles. The van der Waals surface area contributed by atoms with Crippen molar-refractivity contribution in [1.29, 1.82) is 0 Å². The summed E-state index contributed by atoms with van der Waals surface area (Å²) in [5, 5.41) is 11.3. The average molecular weight is 248 g/mol. The van der Waals surface area contributed by atoms with Gasteiger partial charge in [0.1, 0.15) is 6.04 Å². The maximum Gasteiger partial charge on any atom is 0.325 e. The Morgan fingerprint density at radius 1 is 1.39 bits per heavy atom. The van der Waals surface area contributed by atoms with E-state index < -0.39 is 12.0 Å². The first-order chi connectivity index (χ1) is 8.59. The lowest BCUT2D eigenvalue weighted by Crippen LogP contribution is -2.48. The van der Waals surface area contributed by atoms with Crippen molar-refractivity contribution in [2.24, 2.45) is 0 Å². The quantitative estimate of drug-likeness (QED) is 0.835. The van der Waals surface area contributed by atoms with Crippen LogP contribution in [0.5, 0.6) is 0 Å². The fourth-order valence-corrected chi connectivity index (χ4v) is 2.07. The lowest BCUT2D eigenvalue weighted by Gasteiger charge is -2.30. The van der Waals surface area contributed by atoms with Crippen molar-refractivity contribution in [2.45, 2.75) is 25.8 Å². The van der Waals surface area contributed by atoms with Crippen molar-refractivity contribution in [2.75, 3.05) is 11.4 Å². The van der Waals surface area contributed by atoms with Crippen LogP contribution >= 0.6 is 0 Å². The number of carboxylic acid groups (broad SMARTS) is 1. The Bertz CT molecular complexity index is 473. The predicted molar refractivity (Wildman–Crippen MR) is 67.7 cm³/mol. The second kappa shape index (κ2) is 5.08. The second-order valence-corrected chi connectivity index (χ2v) is 4.39. The third-order valence-electron chi connectivity index (χ3n) is 3.07. The molecule has 2 amide bonds. The molecule has 2 rings (SSSR count). The number of carbonyl (C=O) groups excluding carboxylic acids is 1. The minimum atomic E-state index is -1.03. The summed E-state index contributed by atoms with van der Waals surface area (Å²) in [6.07, 6.45) is 1.85. The van der Waals surface area contributed by atoms with Crippen LogP contribution in [-0.2, 0) is 11.2 Å². The first-order valence-corrected chi connectivity index (χ1v) is 5.98. The van der Waals surface area contributed by atoms with E-state index in [9.17, 15) is 9.59 Å². The third-order valence-corrected chi connectivity index (χ3v) is 3.07. The van der Waals surface area contributed by atoms with Gasteiger partial charge in [-0.15, -0.1) is 0 Å². The number of nitrogens with zero attached hydrogens (tertiary/aromatic N) is 1. The molecule has 1 heterocycles. The van der Waals surface area contributed by atoms with Crippen molar-refractivity contribution >= 4 is 17.7 Å². The highest BCUT2D eigenvalue weighted by Gasteiger charge is 2.24. The number of hydrogen-bond acceptors (Lipinski definition) is 2. The highest BCUT2D eigenvalue weighted by atomic mass is 16.4. The van der Waals surface area contributed by atoms with E-state index >= 15 is 0 Å². The second-order valence-electron chi connectivity index (χ2n) is 4.39. The molecule has 1 aliphatic rings. The molecule has 5 heteroatoms. The lowest BCUT2D eigenvalue weighted by molar-refractivity contribution is -0.138. The van der Waals surface area contributed by atoms with Crippen LogP contribution in [0.3, 0.4) is 0 Å². The van der Waals surface area contributed by atoms with Gasteiger partial charge in [-0.2, -0.15) is 0 Å².